The molecule has 3 N–H and O–H groups in total. The second-order valence-electron chi connectivity index (χ2n) is 23.7. The van der Waals surface area contributed by atoms with E-state index in [1.807, 2.05) is 115 Å². The molecular weight excluding hydrogens is 1100 g/mol. The minimum Gasteiger partial charge on any atom is -0.497 e. The van der Waals surface area contributed by atoms with E-state index < -0.39 is 0 Å². The second-order valence-corrected chi connectivity index (χ2v) is 23.7. The molecule has 0 radical (unpaired) electrons. The molecule has 0 fully saturated rings. The number of hydrogen-bond donors (Lipinski definition) is 3. The normalized spacial score (nSPS) is 11.3. The van der Waals surface area contributed by atoms with Crippen LogP contribution in [-0.2, 0) is 0 Å². The first kappa shape index (κ1) is 62.3. The molecule has 0 unspecified atom stereocenters. The van der Waals surface area contributed by atoms with Crippen molar-refractivity contribution in [1.82, 2.24) is 43.6 Å². The number of anilines is 4. The fraction of sp³-hybridized carbons (Fsp3) is 0.250. The standard InChI is InChI=1S/C25H22N4O2.C23H26N4O.C22H24N4O.2CH4/c1-16-23(17(2)31-28-16)18-7-9-19(10-8-18)24-25(29-15-5-4-6-22(29)27-24)26-20-11-13-21(30-3)14-12-20;1-14-7-12-19-24-21(22(27(19)13-14)25-23(4,5)6)18-10-8-17(9-11-18)20-15(2)26-28-16(20)3;1-14-19(15(2)27-25-14)16-9-11-17(12-10-16)20-21(24-22(3,4)5)26-13-7-6-8-18(26)23-20;;/h4-15,26H,1-3H3;7-13,25H,1-6H3;6-13,24H,1-5H3;2*1H4. The highest BCUT2D eigenvalue weighted by Gasteiger charge is 2.23. The Morgan fingerprint density at radius 2 is 0.750 bits per heavy atom. The number of methoxy groups -OCH3 is 1. The minimum atomic E-state index is -0.0783. The average molecular weight is 1180 g/mol. The van der Waals surface area contributed by atoms with Gasteiger partial charge in [0.15, 0.2) is 0 Å². The van der Waals surface area contributed by atoms with Gasteiger partial charge in [-0.1, -0.05) is 121 Å². The summed E-state index contributed by atoms with van der Waals surface area (Å²) in [6, 6.07) is 49.3. The van der Waals surface area contributed by atoms with Crippen LogP contribution in [0.25, 0.3) is 84.1 Å². The molecule has 4 aromatic carbocycles. The Bertz CT molecular complexity index is 4450. The molecule has 9 aromatic heterocycles. The van der Waals surface area contributed by atoms with E-state index in [2.05, 4.69) is 184 Å². The molecule has 0 spiro atoms. The number of nitrogens with one attached hydrogen (secondary N) is 3. The number of rotatable bonds is 11. The Kier molecular flexibility index (Phi) is 18.0. The van der Waals surface area contributed by atoms with Gasteiger partial charge in [0.05, 0.1) is 24.2 Å². The number of hydrogen-bond acceptors (Lipinski definition) is 13. The van der Waals surface area contributed by atoms with Crippen LogP contribution < -0.4 is 20.7 Å². The van der Waals surface area contributed by atoms with Crippen molar-refractivity contribution in [2.75, 3.05) is 23.1 Å². The number of pyridine rings is 3. The SMILES string of the molecule is C.C.COc1ccc(Nc2c(-c3ccc(-c4c(C)noc4C)cc3)nc3ccccn23)cc1.Cc1ccc2nc(-c3ccc(-c4c(C)noc4C)cc3)c(NC(C)(C)C)n2c1.Cc1noc(C)c1-c1ccc(-c2nc3ccccn3c2NC(C)(C)C)cc1. The Hall–Kier alpha value is -10.2. The first-order valence-corrected chi connectivity index (χ1v) is 28.7. The fourth-order valence-electron chi connectivity index (χ4n) is 10.7. The first-order chi connectivity index (χ1) is 41.2. The van der Waals surface area contributed by atoms with E-state index in [9.17, 15) is 0 Å². The molecule has 16 heteroatoms. The van der Waals surface area contributed by atoms with Crippen LogP contribution in [0.5, 0.6) is 5.75 Å². The Morgan fingerprint density at radius 1 is 0.398 bits per heavy atom. The predicted molar refractivity (Wildman–Crippen MR) is 358 cm³/mol. The van der Waals surface area contributed by atoms with Crippen molar-refractivity contribution in [2.24, 2.45) is 0 Å². The Morgan fingerprint density at radius 3 is 1.11 bits per heavy atom. The zero-order valence-corrected chi connectivity index (χ0v) is 51.2. The highest BCUT2D eigenvalue weighted by Crippen LogP contribution is 2.38. The average Bonchev–Trinajstić information content (AvgIpc) is 2.22. The van der Waals surface area contributed by atoms with E-state index in [-0.39, 0.29) is 25.9 Å². The van der Waals surface area contributed by atoms with Crippen LogP contribution in [0.1, 0.15) is 96.3 Å². The van der Waals surface area contributed by atoms with Crippen LogP contribution in [0, 0.1) is 48.5 Å². The van der Waals surface area contributed by atoms with Crippen molar-refractivity contribution in [3.05, 3.63) is 204 Å². The van der Waals surface area contributed by atoms with Gasteiger partial charge in [-0.15, -0.1) is 0 Å². The Labute approximate surface area is 515 Å². The number of aromatic nitrogens is 9. The van der Waals surface area contributed by atoms with Gasteiger partial charge >= 0.3 is 0 Å². The molecule has 88 heavy (non-hydrogen) atoms. The lowest BCUT2D eigenvalue weighted by molar-refractivity contribution is 0.393. The maximum Gasteiger partial charge on any atom is 0.143 e. The fourth-order valence-corrected chi connectivity index (χ4v) is 10.7. The van der Waals surface area contributed by atoms with E-state index in [4.69, 9.17) is 33.3 Å². The zero-order chi connectivity index (χ0) is 60.6. The van der Waals surface area contributed by atoms with Gasteiger partial charge in [-0.05, 0) is 167 Å². The van der Waals surface area contributed by atoms with E-state index in [0.717, 1.165) is 147 Å². The molecule has 0 amide bonds. The summed E-state index contributed by atoms with van der Waals surface area (Å²) in [5, 5.41) is 23.0. The van der Waals surface area contributed by atoms with Crippen molar-refractivity contribution in [1.29, 1.82) is 0 Å². The lowest BCUT2D eigenvalue weighted by Crippen LogP contribution is -2.27. The van der Waals surface area contributed by atoms with Gasteiger partial charge in [0, 0.05) is 68.7 Å². The van der Waals surface area contributed by atoms with E-state index in [1.54, 1.807) is 7.11 Å². The number of aryl methyl sites for hydroxylation is 7. The topological polar surface area (TPSA) is 175 Å². The third-order valence-corrected chi connectivity index (χ3v) is 14.6. The first-order valence-electron chi connectivity index (χ1n) is 28.7. The number of benzene rings is 4. The van der Waals surface area contributed by atoms with Crippen LogP contribution in [0.4, 0.5) is 23.1 Å². The maximum absolute atomic E-state index is 5.32. The minimum absolute atomic E-state index is 0. The molecule has 0 saturated heterocycles. The molecule has 0 aliphatic heterocycles. The van der Waals surface area contributed by atoms with Gasteiger partial charge in [-0.2, -0.15) is 0 Å². The van der Waals surface area contributed by atoms with Gasteiger partial charge in [0.2, 0.25) is 0 Å². The van der Waals surface area contributed by atoms with Gasteiger partial charge < -0.3 is 34.3 Å². The van der Waals surface area contributed by atoms with Crippen molar-refractivity contribution < 1.29 is 18.3 Å². The van der Waals surface area contributed by atoms with Crippen LogP contribution >= 0.6 is 0 Å². The second kappa shape index (κ2) is 25.4. The summed E-state index contributed by atoms with van der Waals surface area (Å²) in [6.45, 7) is 26.7. The van der Waals surface area contributed by atoms with Gasteiger partial charge in [-0.25, -0.2) is 15.0 Å². The van der Waals surface area contributed by atoms with E-state index in [0.29, 0.717) is 0 Å². The number of imidazole rings is 3. The summed E-state index contributed by atoms with van der Waals surface area (Å²) in [5.41, 5.74) is 19.8. The molecule has 13 rings (SSSR count). The van der Waals surface area contributed by atoms with Crippen LogP contribution in [0.15, 0.2) is 178 Å². The Balaban J connectivity index is 0.000000156. The summed E-state index contributed by atoms with van der Waals surface area (Å²) in [5.74, 6) is 6.23. The summed E-state index contributed by atoms with van der Waals surface area (Å²) < 4.78 is 27.5. The molecule has 0 saturated carbocycles. The lowest BCUT2D eigenvalue weighted by Gasteiger charge is -2.22. The molecule has 452 valence electrons. The predicted octanol–water partition coefficient (Wildman–Crippen LogP) is 18.6. The number of fused-ring (bicyclic) bond motifs is 3. The number of ether oxygens (including phenoxy) is 1. The monoisotopic (exact) mass is 1180 g/mol. The molecule has 9 heterocycles. The molecule has 16 nitrogen and oxygen atoms in total. The molecule has 0 atom stereocenters. The molecule has 0 aliphatic carbocycles. The third kappa shape index (κ3) is 13.1. The van der Waals surface area contributed by atoms with E-state index >= 15 is 0 Å². The van der Waals surface area contributed by atoms with Gasteiger partial charge in [0.1, 0.15) is 74.5 Å². The zero-order valence-electron chi connectivity index (χ0n) is 51.2. The number of nitrogens with zero attached hydrogens (tertiary/aromatic N) is 9. The van der Waals surface area contributed by atoms with Crippen molar-refractivity contribution >= 4 is 40.1 Å². The molecule has 13 aromatic rings. The van der Waals surface area contributed by atoms with Crippen molar-refractivity contribution in [3.63, 3.8) is 0 Å². The largest absolute Gasteiger partial charge is 0.497 e. The quantitative estimate of drug-likeness (QED) is 0.112. The van der Waals surface area contributed by atoms with Crippen molar-refractivity contribution in [3.8, 4) is 72.9 Å². The van der Waals surface area contributed by atoms with Crippen LogP contribution in [0.2, 0.25) is 0 Å². The molecule has 0 aliphatic rings. The molecular formula is C72H80N12O4. The summed E-state index contributed by atoms with van der Waals surface area (Å²) in [6.07, 6.45) is 6.17. The van der Waals surface area contributed by atoms with Gasteiger partial charge in [-0.3, -0.25) is 13.2 Å². The van der Waals surface area contributed by atoms with Crippen LogP contribution in [-0.4, -0.2) is 61.8 Å². The maximum atomic E-state index is 5.32. The van der Waals surface area contributed by atoms with Crippen LogP contribution in [0.3, 0.4) is 0 Å². The highest BCUT2D eigenvalue weighted by atomic mass is 16.5. The van der Waals surface area contributed by atoms with Crippen molar-refractivity contribution in [2.45, 2.75) is 116 Å². The van der Waals surface area contributed by atoms with Gasteiger partial charge in [0.25, 0.3) is 0 Å². The smallest absolute Gasteiger partial charge is 0.143 e. The summed E-state index contributed by atoms with van der Waals surface area (Å²) in [7, 11) is 1.66. The summed E-state index contributed by atoms with van der Waals surface area (Å²) >= 11 is 0. The lowest BCUT2D eigenvalue weighted by atomic mass is 10.0. The third-order valence-electron chi connectivity index (χ3n) is 14.6. The molecule has 0 bridgehead atoms. The highest BCUT2D eigenvalue weighted by molar-refractivity contribution is 5.83. The van der Waals surface area contributed by atoms with E-state index in [1.165, 1.54) is 5.56 Å². The summed E-state index contributed by atoms with van der Waals surface area (Å²) in [4.78, 5) is 14.7.